The van der Waals surface area contributed by atoms with Gasteiger partial charge in [0.1, 0.15) is 0 Å². The quantitative estimate of drug-likeness (QED) is 0.763. The molecule has 106 valence electrons. The fraction of sp³-hybridized carbons (Fsp3) is 0.692. The molecule has 2 rings (SSSR count). The van der Waals surface area contributed by atoms with E-state index in [0.29, 0.717) is 31.4 Å². The van der Waals surface area contributed by atoms with E-state index < -0.39 is 5.97 Å². The fourth-order valence-electron chi connectivity index (χ4n) is 1.84. The third-order valence-corrected chi connectivity index (χ3v) is 2.82. The van der Waals surface area contributed by atoms with E-state index in [1.165, 1.54) is 7.11 Å². The molecule has 0 aliphatic carbocycles. The minimum atomic E-state index is -0.527. The summed E-state index contributed by atoms with van der Waals surface area (Å²) in [5.74, 6) is -0.0235. The summed E-state index contributed by atoms with van der Waals surface area (Å²) < 4.78 is 21.1. The summed E-state index contributed by atoms with van der Waals surface area (Å²) in [6.45, 7) is 7.31. The molecule has 1 saturated heterocycles. The van der Waals surface area contributed by atoms with Crippen LogP contribution in [0.25, 0.3) is 0 Å². The molecule has 0 spiro atoms. The van der Waals surface area contributed by atoms with Gasteiger partial charge in [0.05, 0.1) is 32.6 Å². The second kappa shape index (κ2) is 5.30. The number of aromatic nitrogens is 1. The van der Waals surface area contributed by atoms with Gasteiger partial charge in [0.2, 0.25) is 11.7 Å². The average Bonchev–Trinajstić information content (AvgIpc) is 2.84. The van der Waals surface area contributed by atoms with Crippen LogP contribution in [0.2, 0.25) is 0 Å². The SMILES string of the molecule is COC(=O)c1oc(C2COCCO2)nc1C(C)(C)C. The van der Waals surface area contributed by atoms with Crippen LogP contribution < -0.4 is 0 Å². The Bertz CT molecular complexity index is 454. The maximum atomic E-state index is 11.7. The van der Waals surface area contributed by atoms with Crippen LogP contribution in [-0.4, -0.2) is 37.9 Å². The van der Waals surface area contributed by atoms with Crippen molar-refractivity contribution in [1.82, 2.24) is 4.98 Å². The molecular formula is C13H19NO5. The molecule has 0 aromatic carbocycles. The lowest BCUT2D eigenvalue weighted by molar-refractivity contribution is -0.0998. The highest BCUT2D eigenvalue weighted by Gasteiger charge is 2.32. The number of oxazole rings is 1. The molecule has 0 saturated carbocycles. The van der Waals surface area contributed by atoms with Crippen LogP contribution in [0.5, 0.6) is 0 Å². The molecule has 1 aliphatic heterocycles. The van der Waals surface area contributed by atoms with Crippen LogP contribution >= 0.6 is 0 Å². The van der Waals surface area contributed by atoms with E-state index in [-0.39, 0.29) is 17.3 Å². The molecule has 1 aliphatic rings. The summed E-state index contributed by atoms with van der Waals surface area (Å²) in [7, 11) is 1.32. The van der Waals surface area contributed by atoms with E-state index in [0.717, 1.165) is 0 Å². The maximum absolute atomic E-state index is 11.7. The van der Waals surface area contributed by atoms with Gasteiger partial charge in [-0.05, 0) is 0 Å². The van der Waals surface area contributed by atoms with Crippen LogP contribution in [0.4, 0.5) is 0 Å². The van der Waals surface area contributed by atoms with Crippen molar-refractivity contribution in [3.8, 4) is 0 Å². The number of methoxy groups -OCH3 is 1. The zero-order valence-corrected chi connectivity index (χ0v) is 11.7. The van der Waals surface area contributed by atoms with Crippen LogP contribution in [0.3, 0.4) is 0 Å². The maximum Gasteiger partial charge on any atom is 0.376 e. The first-order valence-corrected chi connectivity index (χ1v) is 6.22. The Kier molecular flexibility index (Phi) is 3.91. The third-order valence-electron chi connectivity index (χ3n) is 2.82. The number of nitrogens with zero attached hydrogens (tertiary/aromatic N) is 1. The van der Waals surface area contributed by atoms with Gasteiger partial charge in [-0.3, -0.25) is 0 Å². The Morgan fingerprint density at radius 1 is 1.37 bits per heavy atom. The molecule has 1 aromatic rings. The normalized spacial score (nSPS) is 20.3. The molecule has 0 bridgehead atoms. The van der Waals surface area contributed by atoms with Crippen LogP contribution in [0, 0.1) is 0 Å². The van der Waals surface area contributed by atoms with Gasteiger partial charge in [-0.25, -0.2) is 9.78 Å². The van der Waals surface area contributed by atoms with Gasteiger partial charge in [0.25, 0.3) is 0 Å². The van der Waals surface area contributed by atoms with Gasteiger partial charge in [-0.15, -0.1) is 0 Å². The predicted molar refractivity (Wildman–Crippen MR) is 66.1 cm³/mol. The highest BCUT2D eigenvalue weighted by Crippen LogP contribution is 2.30. The fourth-order valence-corrected chi connectivity index (χ4v) is 1.84. The summed E-state index contributed by atoms with van der Waals surface area (Å²) >= 11 is 0. The second-order valence-corrected chi connectivity index (χ2v) is 5.41. The highest BCUT2D eigenvalue weighted by atomic mass is 16.6. The number of rotatable bonds is 2. The second-order valence-electron chi connectivity index (χ2n) is 5.41. The van der Waals surface area contributed by atoms with Crippen molar-refractivity contribution >= 4 is 5.97 Å². The number of carbonyl (C=O) groups is 1. The van der Waals surface area contributed by atoms with Gasteiger partial charge in [0.15, 0.2) is 6.10 Å². The Balaban J connectivity index is 2.36. The molecule has 1 fully saturated rings. The summed E-state index contributed by atoms with van der Waals surface area (Å²) in [4.78, 5) is 16.2. The van der Waals surface area contributed by atoms with Crippen LogP contribution in [0.15, 0.2) is 4.42 Å². The van der Waals surface area contributed by atoms with Gasteiger partial charge >= 0.3 is 5.97 Å². The number of esters is 1. The van der Waals surface area contributed by atoms with Crippen molar-refractivity contribution in [2.45, 2.75) is 32.3 Å². The van der Waals surface area contributed by atoms with E-state index in [1.807, 2.05) is 20.8 Å². The monoisotopic (exact) mass is 269 g/mol. The molecule has 6 nitrogen and oxygen atoms in total. The summed E-state index contributed by atoms with van der Waals surface area (Å²) in [5.41, 5.74) is 0.254. The summed E-state index contributed by atoms with van der Waals surface area (Å²) in [5, 5.41) is 0. The number of hydrogen-bond acceptors (Lipinski definition) is 6. The first-order chi connectivity index (χ1) is 8.93. The smallest absolute Gasteiger partial charge is 0.376 e. The molecule has 1 unspecified atom stereocenters. The molecule has 19 heavy (non-hydrogen) atoms. The van der Waals surface area contributed by atoms with E-state index in [1.54, 1.807) is 0 Å². The van der Waals surface area contributed by atoms with Crippen molar-refractivity contribution in [3.63, 3.8) is 0 Å². The molecule has 0 N–H and O–H groups in total. The third kappa shape index (κ3) is 2.96. The number of hydrogen-bond donors (Lipinski definition) is 0. The van der Waals surface area contributed by atoms with Gasteiger partial charge in [-0.1, -0.05) is 20.8 Å². The Labute approximate surface area is 112 Å². The Morgan fingerprint density at radius 3 is 2.63 bits per heavy atom. The predicted octanol–water partition coefficient (Wildman–Crippen LogP) is 1.85. The first-order valence-electron chi connectivity index (χ1n) is 6.22. The summed E-state index contributed by atoms with van der Waals surface area (Å²) in [6, 6.07) is 0. The molecule has 0 amide bonds. The van der Waals surface area contributed by atoms with Gasteiger partial charge in [-0.2, -0.15) is 0 Å². The molecule has 6 heteroatoms. The topological polar surface area (TPSA) is 70.8 Å². The molecular weight excluding hydrogens is 250 g/mol. The minimum Gasteiger partial charge on any atom is -0.463 e. The number of carbonyl (C=O) groups excluding carboxylic acids is 1. The standard InChI is InChI=1S/C13H19NO5/c1-13(2,3)10-9(12(15)16-4)19-11(14-10)8-7-17-5-6-18-8/h8H,5-7H2,1-4H3. The van der Waals surface area contributed by atoms with Crippen molar-refractivity contribution in [3.05, 3.63) is 17.3 Å². The van der Waals surface area contributed by atoms with Crippen molar-refractivity contribution in [1.29, 1.82) is 0 Å². The van der Waals surface area contributed by atoms with E-state index in [2.05, 4.69) is 4.98 Å². The van der Waals surface area contributed by atoms with Gasteiger partial charge in [0, 0.05) is 5.41 Å². The first kappa shape index (κ1) is 14.0. The molecule has 1 aromatic heterocycles. The highest BCUT2D eigenvalue weighted by molar-refractivity contribution is 5.87. The average molecular weight is 269 g/mol. The lowest BCUT2D eigenvalue weighted by Gasteiger charge is -2.20. The van der Waals surface area contributed by atoms with Crippen molar-refractivity contribution in [2.75, 3.05) is 26.9 Å². The Morgan fingerprint density at radius 2 is 2.11 bits per heavy atom. The number of ether oxygens (including phenoxy) is 3. The van der Waals surface area contributed by atoms with E-state index >= 15 is 0 Å². The van der Waals surface area contributed by atoms with Crippen molar-refractivity contribution in [2.24, 2.45) is 0 Å². The largest absolute Gasteiger partial charge is 0.463 e. The zero-order chi connectivity index (χ0) is 14.0. The Hall–Kier alpha value is -1.40. The summed E-state index contributed by atoms with van der Waals surface area (Å²) in [6.07, 6.45) is -0.367. The van der Waals surface area contributed by atoms with Crippen LogP contribution in [0.1, 0.15) is 49.0 Å². The minimum absolute atomic E-state index is 0.138. The van der Waals surface area contributed by atoms with Gasteiger partial charge < -0.3 is 18.6 Å². The molecule has 1 atom stereocenters. The lowest BCUT2D eigenvalue weighted by Crippen LogP contribution is -2.22. The lowest BCUT2D eigenvalue weighted by atomic mass is 9.91. The van der Waals surface area contributed by atoms with Crippen molar-refractivity contribution < 1.29 is 23.4 Å². The van der Waals surface area contributed by atoms with E-state index in [4.69, 9.17) is 18.6 Å². The zero-order valence-electron chi connectivity index (χ0n) is 11.7. The van der Waals surface area contributed by atoms with E-state index in [9.17, 15) is 4.79 Å². The molecule has 2 heterocycles. The van der Waals surface area contributed by atoms with Crippen LogP contribution in [-0.2, 0) is 19.6 Å². The molecule has 0 radical (unpaired) electrons.